The molecule has 0 amide bonds. The van der Waals surface area contributed by atoms with E-state index in [2.05, 4.69) is 22.5 Å². The molecule has 1 aliphatic rings. The van der Waals surface area contributed by atoms with Gasteiger partial charge >= 0.3 is 0 Å². The summed E-state index contributed by atoms with van der Waals surface area (Å²) < 4.78 is 25.1. The van der Waals surface area contributed by atoms with E-state index in [1.165, 1.54) is 13.2 Å². The van der Waals surface area contributed by atoms with E-state index in [-0.39, 0.29) is 12.6 Å². The largest absolute Gasteiger partial charge is 0.467 e. The van der Waals surface area contributed by atoms with Crippen LogP contribution in [0, 0.1) is 5.82 Å². The van der Waals surface area contributed by atoms with Gasteiger partial charge in [0.15, 0.2) is 6.79 Å². The maximum Gasteiger partial charge on any atom is 0.188 e. The van der Waals surface area contributed by atoms with E-state index < -0.39 is 0 Å². The Morgan fingerprint density at radius 1 is 1.35 bits per heavy atom. The minimum atomic E-state index is -0.351. The zero-order chi connectivity index (χ0) is 14.7. The highest BCUT2D eigenvalue weighted by Crippen LogP contribution is 2.33. The predicted octanol–water partition coefficient (Wildman–Crippen LogP) is 3.89. The third-order valence-electron chi connectivity index (χ3n) is 2.99. The van der Waals surface area contributed by atoms with E-state index in [0.29, 0.717) is 11.3 Å². The van der Waals surface area contributed by atoms with Crippen LogP contribution in [0.3, 0.4) is 0 Å². The second-order valence-electron chi connectivity index (χ2n) is 4.26. The zero-order valence-electron chi connectivity index (χ0n) is 11.3. The van der Waals surface area contributed by atoms with Crippen LogP contribution < -0.4 is 4.74 Å². The van der Waals surface area contributed by atoms with Crippen LogP contribution in [0.2, 0.25) is 0 Å². The van der Waals surface area contributed by atoms with Crippen LogP contribution in [0.5, 0.6) is 5.75 Å². The normalized spacial score (nSPS) is 15.0. The number of halogens is 2. The molecule has 0 radical (unpaired) electrons. The van der Waals surface area contributed by atoms with Gasteiger partial charge in [0.1, 0.15) is 11.6 Å². The summed E-state index contributed by atoms with van der Waals surface area (Å²) in [5, 5.41) is 0. The van der Waals surface area contributed by atoms with Gasteiger partial charge in [0.05, 0.1) is 5.70 Å². The van der Waals surface area contributed by atoms with Crippen molar-refractivity contribution in [2.45, 2.75) is 0 Å². The first-order valence-electron chi connectivity index (χ1n) is 5.96. The number of hydrogen-bond acceptors (Lipinski definition) is 3. The molecule has 2 rings (SSSR count). The first-order chi connectivity index (χ1) is 9.54. The van der Waals surface area contributed by atoms with E-state index >= 15 is 0 Å². The van der Waals surface area contributed by atoms with Gasteiger partial charge < -0.3 is 14.4 Å². The molecule has 20 heavy (non-hydrogen) atoms. The van der Waals surface area contributed by atoms with Crippen molar-refractivity contribution in [3.05, 3.63) is 58.5 Å². The van der Waals surface area contributed by atoms with Crippen molar-refractivity contribution in [1.29, 1.82) is 0 Å². The highest BCUT2D eigenvalue weighted by Gasteiger charge is 2.19. The van der Waals surface area contributed by atoms with Gasteiger partial charge in [0, 0.05) is 36.0 Å². The summed E-state index contributed by atoms with van der Waals surface area (Å²) in [6, 6.07) is 4.74. The molecule has 0 saturated heterocycles. The van der Waals surface area contributed by atoms with Crippen LogP contribution >= 0.6 is 15.9 Å². The van der Waals surface area contributed by atoms with Crippen molar-refractivity contribution in [1.82, 2.24) is 4.90 Å². The lowest BCUT2D eigenvalue weighted by Gasteiger charge is -2.28. The Hall–Kier alpha value is -1.59. The molecule has 0 fully saturated rings. The molecular weight excluding hydrogens is 325 g/mol. The number of rotatable bonds is 4. The molecule has 0 unspecified atom stereocenters. The molecule has 5 heteroatoms. The van der Waals surface area contributed by atoms with Crippen molar-refractivity contribution in [3.8, 4) is 5.75 Å². The van der Waals surface area contributed by atoms with Gasteiger partial charge in [-0.15, -0.1) is 0 Å². The van der Waals surface area contributed by atoms with Crippen molar-refractivity contribution in [2.75, 3.05) is 21.0 Å². The average molecular weight is 340 g/mol. The Kier molecular flexibility index (Phi) is 4.62. The third kappa shape index (κ3) is 2.94. The van der Waals surface area contributed by atoms with Crippen LogP contribution in [0.25, 0.3) is 5.70 Å². The van der Waals surface area contributed by atoms with Crippen molar-refractivity contribution >= 4 is 21.6 Å². The topological polar surface area (TPSA) is 21.7 Å². The molecule has 3 nitrogen and oxygen atoms in total. The smallest absolute Gasteiger partial charge is 0.188 e. The summed E-state index contributed by atoms with van der Waals surface area (Å²) in [6.45, 7) is 4.04. The highest BCUT2D eigenvalue weighted by atomic mass is 79.9. The molecule has 1 aromatic rings. The first-order valence-corrected chi connectivity index (χ1v) is 6.76. The molecule has 1 aliphatic heterocycles. The highest BCUT2D eigenvalue weighted by molar-refractivity contribution is 9.12. The fourth-order valence-electron chi connectivity index (χ4n) is 1.86. The Morgan fingerprint density at radius 2 is 2.10 bits per heavy atom. The van der Waals surface area contributed by atoms with E-state index in [4.69, 9.17) is 9.47 Å². The average Bonchev–Trinajstić information content (AvgIpc) is 2.44. The van der Waals surface area contributed by atoms with Gasteiger partial charge in [-0.2, -0.15) is 0 Å². The van der Waals surface area contributed by atoms with E-state index in [1.807, 2.05) is 24.1 Å². The summed E-state index contributed by atoms with van der Waals surface area (Å²) in [4.78, 5) is 1.83. The summed E-state index contributed by atoms with van der Waals surface area (Å²) in [5.41, 5.74) is 2.02. The summed E-state index contributed by atoms with van der Waals surface area (Å²) in [6.07, 6.45) is 3.69. The molecule has 1 heterocycles. The minimum absolute atomic E-state index is 0.0911. The van der Waals surface area contributed by atoms with Crippen molar-refractivity contribution in [3.63, 3.8) is 0 Å². The van der Waals surface area contributed by atoms with Crippen LogP contribution in [-0.4, -0.2) is 25.9 Å². The number of ether oxygens (including phenoxy) is 2. The fourth-order valence-corrected chi connectivity index (χ4v) is 2.25. The predicted molar refractivity (Wildman–Crippen MR) is 80.8 cm³/mol. The van der Waals surface area contributed by atoms with Gasteiger partial charge in [0.2, 0.25) is 0 Å². The molecular formula is C15H15BrFNO2. The van der Waals surface area contributed by atoms with E-state index in [1.54, 1.807) is 12.1 Å². The van der Waals surface area contributed by atoms with Gasteiger partial charge in [0.25, 0.3) is 0 Å². The second-order valence-corrected chi connectivity index (χ2v) is 5.12. The van der Waals surface area contributed by atoms with Crippen molar-refractivity contribution in [2.24, 2.45) is 0 Å². The summed E-state index contributed by atoms with van der Waals surface area (Å²) >= 11 is 3.40. The Balaban J connectivity index is 2.32. The standard InChI is InChI=1S/C15H15BrFNO2/c1-10-13(16)6-7-15(18(10)2)12-5-4-11(8-14(12)17)20-9-19-3/h4-8H,1,9H2,2-3H3. The molecule has 0 N–H and O–H groups in total. The zero-order valence-corrected chi connectivity index (χ0v) is 12.9. The maximum absolute atomic E-state index is 14.2. The fraction of sp³-hybridized carbons (Fsp3) is 0.200. The lowest BCUT2D eigenvalue weighted by molar-refractivity contribution is 0.0509. The Labute approximate surface area is 126 Å². The first kappa shape index (κ1) is 14.8. The van der Waals surface area contributed by atoms with Gasteiger partial charge in [-0.25, -0.2) is 4.39 Å². The van der Waals surface area contributed by atoms with Gasteiger partial charge in [-0.1, -0.05) is 6.58 Å². The molecule has 1 aromatic carbocycles. The third-order valence-corrected chi connectivity index (χ3v) is 3.71. The molecule has 0 spiro atoms. The maximum atomic E-state index is 14.2. The quantitative estimate of drug-likeness (QED) is 0.777. The summed E-state index contributed by atoms with van der Waals surface area (Å²) in [7, 11) is 3.36. The Morgan fingerprint density at radius 3 is 2.75 bits per heavy atom. The van der Waals surface area contributed by atoms with Crippen LogP contribution in [0.1, 0.15) is 5.56 Å². The van der Waals surface area contributed by atoms with Gasteiger partial charge in [-0.3, -0.25) is 0 Å². The molecule has 0 bridgehead atoms. The van der Waals surface area contributed by atoms with Crippen molar-refractivity contribution < 1.29 is 13.9 Å². The van der Waals surface area contributed by atoms with Crippen LogP contribution in [0.15, 0.2) is 47.1 Å². The molecule has 0 saturated carbocycles. The SMILES string of the molecule is C=C1C(Br)=CC=C(c2ccc(OCOC)cc2F)N1C. The van der Waals surface area contributed by atoms with Crippen LogP contribution in [-0.2, 0) is 4.74 Å². The molecule has 0 aromatic heterocycles. The second kappa shape index (κ2) is 6.24. The molecule has 0 atom stereocenters. The Bertz CT molecular complexity index is 596. The van der Waals surface area contributed by atoms with E-state index in [0.717, 1.165) is 15.9 Å². The monoisotopic (exact) mass is 339 g/mol. The number of likely N-dealkylation sites (N-methyl/N-ethyl adjacent to an activating group) is 1. The number of nitrogens with zero attached hydrogens (tertiary/aromatic N) is 1. The lowest BCUT2D eigenvalue weighted by atomic mass is 10.1. The number of hydrogen-bond donors (Lipinski definition) is 0. The number of allylic oxidation sites excluding steroid dienone is 3. The lowest BCUT2D eigenvalue weighted by Crippen LogP contribution is -2.18. The number of benzene rings is 1. The molecule has 106 valence electrons. The van der Waals surface area contributed by atoms with Gasteiger partial charge in [-0.05, 0) is 40.2 Å². The molecule has 0 aliphatic carbocycles. The van der Waals surface area contributed by atoms with E-state index in [9.17, 15) is 4.39 Å². The van der Waals surface area contributed by atoms with Crippen LogP contribution in [0.4, 0.5) is 4.39 Å². The summed E-state index contributed by atoms with van der Waals surface area (Å²) in [5.74, 6) is 0.0821. The minimum Gasteiger partial charge on any atom is -0.467 e. The number of methoxy groups -OCH3 is 1.